The molecule has 0 aliphatic carbocycles. The Morgan fingerprint density at radius 1 is 1.10 bits per heavy atom. The van der Waals surface area contributed by atoms with Gasteiger partial charge < -0.3 is 19.7 Å². The number of anilines is 1. The van der Waals surface area contributed by atoms with Crippen molar-refractivity contribution in [2.24, 2.45) is 0 Å². The Labute approximate surface area is 168 Å². The zero-order chi connectivity index (χ0) is 20.6. The lowest BCUT2D eigenvalue weighted by Gasteiger charge is -2.30. The number of nitrogens with one attached hydrogen (secondary N) is 1. The molecule has 158 valence electrons. The van der Waals surface area contributed by atoms with E-state index in [-0.39, 0.29) is 18.0 Å². The molecule has 0 radical (unpaired) electrons. The molecule has 1 fully saturated rings. The zero-order valence-electron chi connectivity index (χ0n) is 16.5. The average molecular weight is 408 g/mol. The van der Waals surface area contributed by atoms with Gasteiger partial charge in [-0.3, -0.25) is 4.79 Å². The highest BCUT2D eigenvalue weighted by Gasteiger charge is 2.21. The van der Waals surface area contributed by atoms with Crippen molar-refractivity contribution in [2.45, 2.75) is 19.8 Å². The molecule has 0 unspecified atom stereocenters. The maximum absolute atomic E-state index is 13.6. The van der Waals surface area contributed by atoms with Gasteiger partial charge in [-0.25, -0.2) is 8.78 Å². The lowest BCUT2D eigenvalue weighted by molar-refractivity contribution is 0.0975. The van der Waals surface area contributed by atoms with Gasteiger partial charge in [0.05, 0.1) is 18.5 Å². The first kappa shape index (κ1) is 21.2. The molecule has 0 saturated carbocycles. The summed E-state index contributed by atoms with van der Waals surface area (Å²) in [7, 11) is 0. The number of unbranched alkanes of at least 4 members (excludes halogenated alkanes) is 1. The first-order valence-electron chi connectivity index (χ1n) is 9.85. The second kappa shape index (κ2) is 10.3. The van der Waals surface area contributed by atoms with E-state index >= 15 is 0 Å². The Morgan fingerprint density at radius 3 is 2.52 bits per heavy atom. The van der Waals surface area contributed by atoms with Gasteiger partial charge in [0.1, 0.15) is 23.9 Å². The van der Waals surface area contributed by atoms with Gasteiger partial charge in [-0.05, 0) is 18.6 Å². The number of halogens is 2. The normalized spacial score (nSPS) is 14.2. The molecule has 3 rings (SSSR count). The van der Waals surface area contributed by atoms with E-state index in [9.17, 15) is 13.6 Å². The monoisotopic (exact) mass is 408 g/mol. The maximum atomic E-state index is 13.6. The Hall–Kier alpha value is -2.52. The van der Waals surface area contributed by atoms with Crippen LogP contribution in [-0.4, -0.2) is 55.8 Å². The van der Waals surface area contributed by atoms with Crippen LogP contribution in [0.4, 0.5) is 14.5 Å². The van der Waals surface area contributed by atoms with Gasteiger partial charge in [0.15, 0.2) is 0 Å². The number of piperazine rings is 1. The molecule has 1 N–H and O–H groups in total. The third kappa shape index (κ3) is 5.51. The second-order valence-corrected chi connectivity index (χ2v) is 6.75. The van der Waals surface area contributed by atoms with Gasteiger partial charge in [0, 0.05) is 38.9 Å². The highest BCUT2D eigenvalue weighted by molar-refractivity contribution is 5.57. The van der Waals surface area contributed by atoms with E-state index in [1.165, 1.54) is 6.20 Å². The molecule has 9 heteroatoms. The van der Waals surface area contributed by atoms with Gasteiger partial charge in [-0.15, -0.1) is 0 Å². The Morgan fingerprint density at radius 2 is 1.83 bits per heavy atom. The van der Waals surface area contributed by atoms with Crippen molar-refractivity contribution in [1.82, 2.24) is 15.1 Å². The minimum Gasteiger partial charge on any atom is -0.484 e. The molecule has 1 aromatic carbocycles. The number of hydrogen-bond acceptors (Lipinski definition) is 6. The number of benzene rings is 1. The van der Waals surface area contributed by atoms with E-state index in [1.807, 2.05) is 4.90 Å². The summed E-state index contributed by atoms with van der Waals surface area (Å²) in [5, 5.41) is 7.38. The fourth-order valence-electron chi connectivity index (χ4n) is 3.09. The SMILES string of the molecule is CCCCOCCOc1c(N2CCNCC2)cnn(-c2cc(F)cc(F)c2)c1=O. The van der Waals surface area contributed by atoms with Crippen LogP contribution in [0.25, 0.3) is 5.69 Å². The molecule has 1 saturated heterocycles. The molecular weight excluding hydrogens is 382 g/mol. The maximum Gasteiger partial charge on any atom is 0.316 e. The molecule has 0 spiro atoms. The van der Waals surface area contributed by atoms with Crippen LogP contribution in [0.15, 0.2) is 29.2 Å². The summed E-state index contributed by atoms with van der Waals surface area (Å²) in [6.07, 6.45) is 3.50. The Bertz CT molecular complexity index is 849. The highest BCUT2D eigenvalue weighted by Crippen LogP contribution is 2.24. The lowest BCUT2D eigenvalue weighted by Crippen LogP contribution is -2.44. The Kier molecular flexibility index (Phi) is 7.54. The van der Waals surface area contributed by atoms with Crippen LogP contribution in [0.1, 0.15) is 19.8 Å². The summed E-state index contributed by atoms with van der Waals surface area (Å²) in [6, 6.07) is 2.86. The average Bonchev–Trinajstić information content (AvgIpc) is 2.71. The number of nitrogens with zero attached hydrogens (tertiary/aromatic N) is 3. The van der Waals surface area contributed by atoms with E-state index in [2.05, 4.69) is 17.3 Å². The van der Waals surface area contributed by atoms with Gasteiger partial charge in [-0.1, -0.05) is 13.3 Å². The van der Waals surface area contributed by atoms with Crippen LogP contribution >= 0.6 is 0 Å². The van der Waals surface area contributed by atoms with Crippen LogP contribution < -0.4 is 20.5 Å². The topological polar surface area (TPSA) is 68.6 Å². The highest BCUT2D eigenvalue weighted by atomic mass is 19.1. The van der Waals surface area contributed by atoms with E-state index in [4.69, 9.17) is 9.47 Å². The number of hydrogen-bond donors (Lipinski definition) is 1. The summed E-state index contributed by atoms with van der Waals surface area (Å²) >= 11 is 0. The van der Waals surface area contributed by atoms with Gasteiger partial charge in [0.2, 0.25) is 5.75 Å². The number of rotatable bonds is 9. The molecule has 29 heavy (non-hydrogen) atoms. The van der Waals surface area contributed by atoms with Crippen LogP contribution in [0.5, 0.6) is 5.75 Å². The summed E-state index contributed by atoms with van der Waals surface area (Å²) in [4.78, 5) is 15.1. The van der Waals surface area contributed by atoms with E-state index < -0.39 is 17.2 Å². The fourth-order valence-corrected chi connectivity index (χ4v) is 3.09. The fraction of sp³-hybridized carbons (Fsp3) is 0.500. The van der Waals surface area contributed by atoms with Crippen molar-refractivity contribution in [3.8, 4) is 11.4 Å². The van der Waals surface area contributed by atoms with Crippen molar-refractivity contribution in [3.05, 3.63) is 46.4 Å². The first-order chi connectivity index (χ1) is 14.1. The lowest BCUT2D eigenvalue weighted by atomic mass is 10.2. The summed E-state index contributed by atoms with van der Waals surface area (Å²) < 4.78 is 39.5. The van der Waals surface area contributed by atoms with Crippen LogP contribution in [0, 0.1) is 11.6 Å². The third-order valence-corrected chi connectivity index (χ3v) is 4.58. The van der Waals surface area contributed by atoms with E-state index in [0.717, 1.165) is 48.8 Å². The van der Waals surface area contributed by atoms with Gasteiger partial charge in [0.25, 0.3) is 0 Å². The molecule has 1 aliphatic heterocycles. The van der Waals surface area contributed by atoms with E-state index in [1.54, 1.807) is 0 Å². The predicted molar refractivity (Wildman–Crippen MR) is 106 cm³/mol. The standard InChI is InChI=1S/C20H26F2N4O3/c1-2-3-8-28-9-10-29-19-18(25-6-4-23-5-7-25)14-24-26(20(19)27)17-12-15(21)11-16(22)13-17/h11-14,23H,2-10H2,1H3. The zero-order valence-corrected chi connectivity index (χ0v) is 16.5. The van der Waals surface area contributed by atoms with E-state index in [0.29, 0.717) is 32.0 Å². The van der Waals surface area contributed by atoms with Crippen molar-refractivity contribution in [1.29, 1.82) is 0 Å². The number of aromatic nitrogens is 2. The van der Waals surface area contributed by atoms with Crippen LogP contribution in [-0.2, 0) is 4.74 Å². The largest absolute Gasteiger partial charge is 0.484 e. The van der Waals surface area contributed by atoms with Crippen molar-refractivity contribution < 1.29 is 18.3 Å². The minimum atomic E-state index is -0.785. The first-order valence-corrected chi connectivity index (χ1v) is 9.85. The number of ether oxygens (including phenoxy) is 2. The minimum absolute atomic E-state index is 0.00315. The summed E-state index contributed by atoms with van der Waals surface area (Å²) in [5.41, 5.74) is 0.00109. The van der Waals surface area contributed by atoms with Crippen LogP contribution in [0.2, 0.25) is 0 Å². The molecule has 2 heterocycles. The molecule has 0 atom stereocenters. The predicted octanol–water partition coefficient (Wildman–Crippen LogP) is 2.12. The quantitative estimate of drug-likeness (QED) is 0.641. The second-order valence-electron chi connectivity index (χ2n) is 6.75. The molecule has 7 nitrogen and oxygen atoms in total. The Balaban J connectivity index is 1.88. The van der Waals surface area contributed by atoms with Crippen LogP contribution in [0.3, 0.4) is 0 Å². The third-order valence-electron chi connectivity index (χ3n) is 4.58. The van der Waals surface area contributed by atoms with Gasteiger partial charge >= 0.3 is 5.56 Å². The van der Waals surface area contributed by atoms with Crippen molar-refractivity contribution >= 4 is 5.69 Å². The molecular formula is C20H26F2N4O3. The van der Waals surface area contributed by atoms with Gasteiger partial charge in [-0.2, -0.15) is 9.78 Å². The van der Waals surface area contributed by atoms with Crippen molar-refractivity contribution in [2.75, 3.05) is 50.9 Å². The molecule has 0 amide bonds. The smallest absolute Gasteiger partial charge is 0.316 e. The molecule has 2 aromatic rings. The summed E-state index contributed by atoms with van der Waals surface area (Å²) in [5.74, 6) is -1.47. The summed E-state index contributed by atoms with van der Waals surface area (Å²) in [6.45, 7) is 6.20. The molecule has 1 aliphatic rings. The molecule has 0 bridgehead atoms. The molecule has 1 aromatic heterocycles. The van der Waals surface area contributed by atoms with Crippen molar-refractivity contribution in [3.63, 3.8) is 0 Å².